The number of terminal acetylenes is 1. The molecule has 0 aromatic heterocycles. The SMILES string of the molecule is C#Cc1cccc(NC(=O)CNC(=NC)NCCOC2CCCCCC2)c1.I. The molecule has 1 saturated carbocycles. The topological polar surface area (TPSA) is 74.8 Å². The summed E-state index contributed by atoms with van der Waals surface area (Å²) in [7, 11) is 1.68. The van der Waals surface area contributed by atoms with Crippen molar-refractivity contribution in [3.8, 4) is 12.3 Å². The van der Waals surface area contributed by atoms with E-state index in [-0.39, 0.29) is 36.4 Å². The van der Waals surface area contributed by atoms with Gasteiger partial charge in [-0.05, 0) is 31.0 Å². The van der Waals surface area contributed by atoms with E-state index in [1.165, 1.54) is 25.7 Å². The van der Waals surface area contributed by atoms with Gasteiger partial charge in [-0.1, -0.05) is 37.7 Å². The van der Waals surface area contributed by atoms with Crippen LogP contribution in [-0.2, 0) is 9.53 Å². The Morgan fingerprint density at radius 3 is 2.68 bits per heavy atom. The number of aliphatic imine (C=N–C) groups is 1. The normalized spacial score (nSPS) is 14.9. The van der Waals surface area contributed by atoms with Crippen LogP contribution in [0.4, 0.5) is 5.69 Å². The Hall–Kier alpha value is -1.79. The first-order chi connectivity index (χ1) is 13.2. The van der Waals surface area contributed by atoms with Gasteiger partial charge in [-0.25, -0.2) is 0 Å². The van der Waals surface area contributed by atoms with Crippen LogP contribution in [-0.4, -0.2) is 44.7 Å². The Morgan fingerprint density at radius 2 is 2.00 bits per heavy atom. The first kappa shape index (κ1) is 24.2. The summed E-state index contributed by atoms with van der Waals surface area (Å²) in [5.74, 6) is 2.96. The van der Waals surface area contributed by atoms with Crippen LogP contribution in [0.5, 0.6) is 0 Å². The third kappa shape index (κ3) is 9.42. The van der Waals surface area contributed by atoms with Crippen molar-refractivity contribution < 1.29 is 9.53 Å². The fraction of sp³-hybridized carbons (Fsp3) is 0.524. The first-order valence-corrected chi connectivity index (χ1v) is 9.64. The molecule has 154 valence electrons. The van der Waals surface area contributed by atoms with Crippen LogP contribution >= 0.6 is 24.0 Å². The molecule has 1 aliphatic carbocycles. The summed E-state index contributed by atoms with van der Waals surface area (Å²) in [5, 5.41) is 8.97. The lowest BCUT2D eigenvalue weighted by molar-refractivity contribution is -0.115. The Kier molecular flexibility index (Phi) is 12.3. The van der Waals surface area contributed by atoms with E-state index >= 15 is 0 Å². The average Bonchev–Trinajstić information content (AvgIpc) is 2.96. The molecule has 0 bridgehead atoms. The fourth-order valence-electron chi connectivity index (χ4n) is 3.08. The van der Waals surface area contributed by atoms with Gasteiger partial charge in [-0.3, -0.25) is 9.79 Å². The second kappa shape index (κ2) is 14.2. The molecule has 28 heavy (non-hydrogen) atoms. The molecule has 1 aromatic rings. The summed E-state index contributed by atoms with van der Waals surface area (Å²) in [4.78, 5) is 16.2. The molecule has 0 unspecified atom stereocenters. The molecular formula is C21H31IN4O2. The van der Waals surface area contributed by atoms with Crippen molar-refractivity contribution in [3.05, 3.63) is 29.8 Å². The standard InChI is InChI=1S/C21H30N4O2.HI/c1-3-17-9-8-10-18(15-17)25-20(26)16-24-21(22-2)23-13-14-27-19-11-6-4-5-7-12-19;/h1,8-10,15,19H,4-7,11-14,16H2,2H3,(H,25,26)(H2,22,23,24);1H. The second-order valence-corrected chi connectivity index (χ2v) is 6.61. The number of hydrogen-bond acceptors (Lipinski definition) is 3. The minimum atomic E-state index is -0.165. The van der Waals surface area contributed by atoms with Gasteiger partial charge in [0.05, 0.1) is 19.3 Å². The monoisotopic (exact) mass is 498 g/mol. The van der Waals surface area contributed by atoms with E-state index in [0.29, 0.717) is 30.9 Å². The van der Waals surface area contributed by atoms with E-state index in [1.807, 2.05) is 12.1 Å². The zero-order chi connectivity index (χ0) is 19.3. The highest BCUT2D eigenvalue weighted by atomic mass is 127. The van der Waals surface area contributed by atoms with Gasteiger partial charge in [-0.15, -0.1) is 30.4 Å². The molecule has 6 nitrogen and oxygen atoms in total. The molecular weight excluding hydrogens is 467 g/mol. The number of benzene rings is 1. The number of carbonyl (C=O) groups is 1. The molecule has 0 aliphatic heterocycles. The highest BCUT2D eigenvalue weighted by Crippen LogP contribution is 2.19. The number of rotatable bonds is 7. The molecule has 0 saturated heterocycles. The van der Waals surface area contributed by atoms with Gasteiger partial charge in [0.15, 0.2) is 5.96 Å². The molecule has 1 fully saturated rings. The van der Waals surface area contributed by atoms with Crippen molar-refractivity contribution in [2.75, 3.05) is 32.1 Å². The van der Waals surface area contributed by atoms with Crippen LogP contribution in [0.25, 0.3) is 0 Å². The Morgan fingerprint density at radius 1 is 1.25 bits per heavy atom. The second-order valence-electron chi connectivity index (χ2n) is 6.61. The maximum Gasteiger partial charge on any atom is 0.243 e. The molecule has 1 aliphatic rings. The number of hydrogen-bond donors (Lipinski definition) is 3. The number of amides is 1. The maximum absolute atomic E-state index is 12.1. The number of halogens is 1. The van der Waals surface area contributed by atoms with E-state index < -0.39 is 0 Å². The van der Waals surface area contributed by atoms with Crippen molar-refractivity contribution in [3.63, 3.8) is 0 Å². The summed E-state index contributed by atoms with van der Waals surface area (Å²) in [6.45, 7) is 1.40. The largest absolute Gasteiger partial charge is 0.376 e. The van der Waals surface area contributed by atoms with Crippen LogP contribution < -0.4 is 16.0 Å². The average molecular weight is 498 g/mol. The molecule has 2 rings (SSSR count). The first-order valence-electron chi connectivity index (χ1n) is 9.64. The van der Waals surface area contributed by atoms with E-state index in [1.54, 1.807) is 19.2 Å². The van der Waals surface area contributed by atoms with E-state index in [0.717, 1.165) is 18.4 Å². The third-order valence-electron chi connectivity index (χ3n) is 4.50. The van der Waals surface area contributed by atoms with Crippen molar-refractivity contribution >= 4 is 41.5 Å². The highest BCUT2D eigenvalue weighted by molar-refractivity contribution is 14.0. The number of anilines is 1. The quantitative estimate of drug-likeness (QED) is 0.135. The Balaban J connectivity index is 0.00000392. The predicted octanol–water partition coefficient (Wildman–Crippen LogP) is 3.13. The third-order valence-corrected chi connectivity index (χ3v) is 4.50. The number of carbonyl (C=O) groups excluding carboxylic acids is 1. The van der Waals surface area contributed by atoms with Crippen molar-refractivity contribution in [2.24, 2.45) is 4.99 Å². The number of guanidine groups is 1. The fourth-order valence-corrected chi connectivity index (χ4v) is 3.08. The molecule has 0 atom stereocenters. The summed E-state index contributed by atoms with van der Waals surface area (Å²) < 4.78 is 5.94. The van der Waals surface area contributed by atoms with E-state index in [2.05, 4.69) is 26.9 Å². The Labute approximate surface area is 185 Å². The molecule has 1 aromatic carbocycles. The summed E-state index contributed by atoms with van der Waals surface area (Å²) in [5.41, 5.74) is 1.41. The lowest BCUT2D eigenvalue weighted by atomic mass is 10.1. The highest BCUT2D eigenvalue weighted by Gasteiger charge is 2.12. The van der Waals surface area contributed by atoms with Gasteiger partial charge in [0.1, 0.15) is 0 Å². The van der Waals surface area contributed by atoms with Crippen LogP contribution in [0, 0.1) is 12.3 Å². The van der Waals surface area contributed by atoms with Gasteiger partial charge in [0, 0.05) is 24.8 Å². The molecule has 3 N–H and O–H groups in total. The number of nitrogens with zero attached hydrogens (tertiary/aromatic N) is 1. The van der Waals surface area contributed by atoms with Crippen LogP contribution in [0.15, 0.2) is 29.3 Å². The lowest BCUT2D eigenvalue weighted by Gasteiger charge is -2.16. The Bertz CT molecular complexity index is 665. The summed E-state index contributed by atoms with van der Waals surface area (Å²) in [6, 6.07) is 7.19. The number of ether oxygens (including phenoxy) is 1. The summed E-state index contributed by atoms with van der Waals surface area (Å²) in [6.07, 6.45) is 13.2. The molecule has 0 spiro atoms. The van der Waals surface area contributed by atoms with Crippen molar-refractivity contribution in [1.82, 2.24) is 10.6 Å². The lowest BCUT2D eigenvalue weighted by Crippen LogP contribution is -2.42. The predicted molar refractivity (Wildman–Crippen MR) is 125 cm³/mol. The molecule has 0 heterocycles. The van der Waals surface area contributed by atoms with Gasteiger partial charge >= 0.3 is 0 Å². The van der Waals surface area contributed by atoms with Gasteiger partial charge < -0.3 is 20.7 Å². The summed E-state index contributed by atoms with van der Waals surface area (Å²) >= 11 is 0. The van der Waals surface area contributed by atoms with Crippen LogP contribution in [0.1, 0.15) is 44.1 Å². The number of nitrogens with one attached hydrogen (secondary N) is 3. The van der Waals surface area contributed by atoms with E-state index in [4.69, 9.17) is 11.2 Å². The molecule has 1 amide bonds. The van der Waals surface area contributed by atoms with Gasteiger partial charge in [-0.2, -0.15) is 0 Å². The minimum Gasteiger partial charge on any atom is -0.376 e. The maximum atomic E-state index is 12.1. The zero-order valence-electron chi connectivity index (χ0n) is 16.5. The smallest absolute Gasteiger partial charge is 0.243 e. The van der Waals surface area contributed by atoms with Crippen molar-refractivity contribution in [2.45, 2.75) is 44.6 Å². The van der Waals surface area contributed by atoms with Crippen LogP contribution in [0.2, 0.25) is 0 Å². The van der Waals surface area contributed by atoms with Crippen LogP contribution in [0.3, 0.4) is 0 Å². The molecule has 7 heteroatoms. The molecule has 0 radical (unpaired) electrons. The minimum absolute atomic E-state index is 0. The zero-order valence-corrected chi connectivity index (χ0v) is 18.8. The van der Waals surface area contributed by atoms with Gasteiger partial charge in [0.2, 0.25) is 5.91 Å². The van der Waals surface area contributed by atoms with Crippen molar-refractivity contribution in [1.29, 1.82) is 0 Å². The van der Waals surface area contributed by atoms with Gasteiger partial charge in [0.25, 0.3) is 0 Å². The van der Waals surface area contributed by atoms with E-state index in [9.17, 15) is 4.79 Å².